The number of hydrogen-bond donors (Lipinski definition) is 2. The highest BCUT2D eigenvalue weighted by Gasteiger charge is 2.20. The SMILES string of the molecule is CC(Oc1cc(NN)nc(C(C)(C)C)n1)c1ccccc1. The Kier molecular flexibility index (Phi) is 4.43. The molecule has 3 N–H and O–H groups in total. The van der Waals surface area contributed by atoms with E-state index in [-0.39, 0.29) is 11.5 Å². The van der Waals surface area contributed by atoms with Crippen molar-refractivity contribution >= 4 is 5.82 Å². The van der Waals surface area contributed by atoms with Crippen molar-refractivity contribution in [1.82, 2.24) is 9.97 Å². The molecular weight excluding hydrogens is 264 g/mol. The Morgan fingerprint density at radius 1 is 1.14 bits per heavy atom. The molecule has 0 aliphatic rings. The summed E-state index contributed by atoms with van der Waals surface area (Å²) in [6.45, 7) is 8.14. The summed E-state index contributed by atoms with van der Waals surface area (Å²) in [4.78, 5) is 8.87. The number of ether oxygens (including phenoxy) is 1. The predicted molar refractivity (Wildman–Crippen MR) is 84.0 cm³/mol. The van der Waals surface area contributed by atoms with Crippen LogP contribution >= 0.6 is 0 Å². The first-order chi connectivity index (χ1) is 9.90. The Bertz CT molecular complexity index is 593. The van der Waals surface area contributed by atoms with Crippen molar-refractivity contribution in [2.75, 3.05) is 5.43 Å². The fourth-order valence-corrected chi connectivity index (χ4v) is 1.87. The van der Waals surface area contributed by atoms with Gasteiger partial charge in [0.05, 0.1) is 0 Å². The van der Waals surface area contributed by atoms with Crippen LogP contribution in [-0.2, 0) is 5.41 Å². The number of nitrogen functional groups attached to an aromatic ring is 1. The van der Waals surface area contributed by atoms with E-state index in [9.17, 15) is 0 Å². The average Bonchev–Trinajstić information content (AvgIpc) is 2.46. The third kappa shape index (κ3) is 3.92. The number of rotatable bonds is 4. The Morgan fingerprint density at radius 3 is 2.38 bits per heavy atom. The van der Waals surface area contributed by atoms with Gasteiger partial charge in [0.25, 0.3) is 0 Å². The number of aromatic nitrogens is 2. The van der Waals surface area contributed by atoms with Crippen LogP contribution in [0.4, 0.5) is 5.82 Å². The standard InChI is InChI=1S/C16H22N4O/c1-11(12-8-6-5-7-9-12)21-14-10-13(20-17)18-15(19-14)16(2,3)4/h5-11H,17H2,1-4H3,(H,18,19,20). The van der Waals surface area contributed by atoms with Gasteiger partial charge in [-0.15, -0.1) is 0 Å². The fraction of sp³-hybridized carbons (Fsp3) is 0.375. The zero-order valence-electron chi connectivity index (χ0n) is 12.9. The molecule has 5 nitrogen and oxygen atoms in total. The van der Waals surface area contributed by atoms with Crippen molar-refractivity contribution in [3.63, 3.8) is 0 Å². The van der Waals surface area contributed by atoms with E-state index >= 15 is 0 Å². The minimum Gasteiger partial charge on any atom is -0.470 e. The average molecular weight is 286 g/mol. The van der Waals surface area contributed by atoms with Gasteiger partial charge in [0, 0.05) is 11.5 Å². The maximum absolute atomic E-state index is 5.93. The van der Waals surface area contributed by atoms with Gasteiger partial charge in [-0.25, -0.2) is 10.8 Å². The molecule has 0 saturated heterocycles. The zero-order chi connectivity index (χ0) is 15.5. The summed E-state index contributed by atoms with van der Waals surface area (Å²) in [7, 11) is 0. The lowest BCUT2D eigenvalue weighted by Gasteiger charge is -2.20. The molecule has 112 valence electrons. The molecule has 1 aromatic heterocycles. The predicted octanol–water partition coefficient (Wildman–Crippen LogP) is 3.20. The van der Waals surface area contributed by atoms with Gasteiger partial charge in [-0.1, -0.05) is 51.1 Å². The third-order valence-electron chi connectivity index (χ3n) is 3.09. The second kappa shape index (κ2) is 6.10. The Hall–Kier alpha value is -2.14. The molecule has 1 unspecified atom stereocenters. The minimum absolute atomic E-state index is 0.0976. The van der Waals surface area contributed by atoms with Crippen LogP contribution in [-0.4, -0.2) is 9.97 Å². The summed E-state index contributed by atoms with van der Waals surface area (Å²) in [5.41, 5.74) is 3.48. The molecule has 2 aromatic rings. The van der Waals surface area contributed by atoms with Gasteiger partial charge < -0.3 is 10.2 Å². The van der Waals surface area contributed by atoms with Crippen molar-refractivity contribution in [3.05, 3.63) is 47.8 Å². The highest BCUT2D eigenvalue weighted by Crippen LogP contribution is 2.26. The number of anilines is 1. The van der Waals surface area contributed by atoms with Crippen molar-refractivity contribution in [2.24, 2.45) is 5.84 Å². The van der Waals surface area contributed by atoms with E-state index in [0.717, 1.165) is 5.56 Å². The molecule has 0 radical (unpaired) electrons. The lowest BCUT2D eigenvalue weighted by Crippen LogP contribution is -2.19. The molecule has 21 heavy (non-hydrogen) atoms. The van der Waals surface area contributed by atoms with Gasteiger partial charge in [0.15, 0.2) is 0 Å². The molecular formula is C16H22N4O. The van der Waals surface area contributed by atoms with E-state index in [0.29, 0.717) is 17.5 Å². The number of hydrogen-bond acceptors (Lipinski definition) is 5. The summed E-state index contributed by atoms with van der Waals surface area (Å²) < 4.78 is 5.93. The summed E-state index contributed by atoms with van der Waals surface area (Å²) in [5, 5.41) is 0. The molecule has 5 heteroatoms. The lowest BCUT2D eigenvalue weighted by atomic mass is 9.96. The van der Waals surface area contributed by atoms with Gasteiger partial charge >= 0.3 is 0 Å². The summed E-state index contributed by atoms with van der Waals surface area (Å²) in [6, 6.07) is 11.7. The molecule has 0 bridgehead atoms. The number of nitrogens with zero attached hydrogens (tertiary/aromatic N) is 2. The van der Waals surface area contributed by atoms with Crippen LogP contribution in [0.2, 0.25) is 0 Å². The maximum atomic E-state index is 5.93. The monoisotopic (exact) mass is 286 g/mol. The van der Waals surface area contributed by atoms with E-state index < -0.39 is 0 Å². The summed E-state index contributed by atoms with van der Waals surface area (Å²) in [6.07, 6.45) is -0.0976. The second-order valence-electron chi connectivity index (χ2n) is 5.98. The normalized spacial score (nSPS) is 12.8. The Morgan fingerprint density at radius 2 is 1.81 bits per heavy atom. The van der Waals surface area contributed by atoms with Gasteiger partial charge in [0.2, 0.25) is 5.88 Å². The lowest BCUT2D eigenvalue weighted by molar-refractivity contribution is 0.215. The number of benzene rings is 1. The first-order valence-electron chi connectivity index (χ1n) is 6.98. The quantitative estimate of drug-likeness (QED) is 0.667. The molecule has 0 fully saturated rings. The van der Waals surface area contributed by atoms with Crippen molar-refractivity contribution in [2.45, 2.75) is 39.2 Å². The molecule has 0 spiro atoms. The Labute approximate surface area is 125 Å². The van der Waals surface area contributed by atoms with E-state index in [1.54, 1.807) is 6.07 Å². The second-order valence-corrected chi connectivity index (χ2v) is 5.98. The van der Waals surface area contributed by atoms with Gasteiger partial charge in [-0.3, -0.25) is 0 Å². The molecule has 0 aliphatic carbocycles. The molecule has 1 atom stereocenters. The Balaban J connectivity index is 2.27. The van der Waals surface area contributed by atoms with Gasteiger partial charge in [-0.05, 0) is 12.5 Å². The number of hydrazine groups is 1. The largest absolute Gasteiger partial charge is 0.470 e. The van der Waals surface area contributed by atoms with E-state index in [1.165, 1.54) is 0 Å². The van der Waals surface area contributed by atoms with Crippen molar-refractivity contribution < 1.29 is 4.74 Å². The highest BCUT2D eigenvalue weighted by atomic mass is 16.5. The van der Waals surface area contributed by atoms with E-state index in [4.69, 9.17) is 10.6 Å². The smallest absolute Gasteiger partial charge is 0.219 e. The van der Waals surface area contributed by atoms with E-state index in [1.807, 2.05) is 58.0 Å². The third-order valence-corrected chi connectivity index (χ3v) is 3.09. The van der Waals surface area contributed by atoms with Crippen molar-refractivity contribution in [3.8, 4) is 5.88 Å². The van der Waals surface area contributed by atoms with Crippen LogP contribution in [0.25, 0.3) is 0 Å². The molecule has 0 aliphatic heterocycles. The zero-order valence-corrected chi connectivity index (χ0v) is 12.9. The van der Waals surface area contributed by atoms with Crippen LogP contribution in [0.15, 0.2) is 36.4 Å². The molecule has 1 aromatic carbocycles. The molecule has 0 saturated carbocycles. The highest BCUT2D eigenvalue weighted by molar-refractivity contribution is 5.38. The van der Waals surface area contributed by atoms with Crippen LogP contribution in [0.3, 0.4) is 0 Å². The number of nitrogens with two attached hydrogens (primary N) is 1. The van der Waals surface area contributed by atoms with Crippen LogP contribution in [0.1, 0.15) is 45.2 Å². The molecule has 0 amide bonds. The summed E-state index contributed by atoms with van der Waals surface area (Å²) >= 11 is 0. The topological polar surface area (TPSA) is 73.1 Å². The van der Waals surface area contributed by atoms with Crippen LogP contribution < -0.4 is 16.0 Å². The van der Waals surface area contributed by atoms with Crippen LogP contribution in [0, 0.1) is 0 Å². The molecule has 2 rings (SSSR count). The first-order valence-corrected chi connectivity index (χ1v) is 6.98. The van der Waals surface area contributed by atoms with Crippen molar-refractivity contribution in [1.29, 1.82) is 0 Å². The van der Waals surface area contributed by atoms with Crippen LogP contribution in [0.5, 0.6) is 5.88 Å². The summed E-state index contributed by atoms with van der Waals surface area (Å²) in [5.74, 6) is 7.22. The maximum Gasteiger partial charge on any atom is 0.219 e. The van der Waals surface area contributed by atoms with E-state index in [2.05, 4.69) is 15.4 Å². The number of nitrogens with one attached hydrogen (secondary N) is 1. The minimum atomic E-state index is -0.180. The molecule has 1 heterocycles. The fourth-order valence-electron chi connectivity index (χ4n) is 1.87. The van der Waals surface area contributed by atoms with Gasteiger partial charge in [0.1, 0.15) is 17.7 Å². The first kappa shape index (κ1) is 15.3. The van der Waals surface area contributed by atoms with Gasteiger partial charge in [-0.2, -0.15) is 4.98 Å².